The van der Waals surface area contributed by atoms with Crippen LogP contribution in [0.2, 0.25) is 0 Å². The Bertz CT molecular complexity index is 551. The standard InChI is InChI=1S/C15H18FN3/c1-12-15-11-14(16)4-3-13(15)5-8-18(12)9-10-19-7-2-6-17-19/h2-4,6-7,11-12H,5,8-10H2,1H3/t12-/m1/s1. The van der Waals surface area contributed by atoms with Crippen LogP contribution in [0.1, 0.15) is 24.1 Å². The van der Waals surface area contributed by atoms with Gasteiger partial charge in [0.05, 0.1) is 6.54 Å². The second-order valence-corrected chi connectivity index (χ2v) is 5.07. The van der Waals surface area contributed by atoms with Gasteiger partial charge in [-0.1, -0.05) is 6.07 Å². The lowest BCUT2D eigenvalue weighted by molar-refractivity contribution is 0.188. The maximum absolute atomic E-state index is 13.4. The van der Waals surface area contributed by atoms with Crippen molar-refractivity contribution in [3.63, 3.8) is 0 Å². The predicted molar refractivity (Wildman–Crippen MR) is 72.3 cm³/mol. The summed E-state index contributed by atoms with van der Waals surface area (Å²) in [4.78, 5) is 2.39. The highest BCUT2D eigenvalue weighted by atomic mass is 19.1. The molecule has 1 aliphatic rings. The summed E-state index contributed by atoms with van der Waals surface area (Å²) in [6.07, 6.45) is 4.77. The lowest BCUT2D eigenvalue weighted by Crippen LogP contribution is -2.36. The van der Waals surface area contributed by atoms with E-state index in [2.05, 4.69) is 16.9 Å². The number of hydrogen-bond acceptors (Lipinski definition) is 2. The van der Waals surface area contributed by atoms with Crippen LogP contribution in [0, 0.1) is 5.82 Å². The Balaban J connectivity index is 1.72. The molecule has 3 rings (SSSR count). The zero-order valence-electron chi connectivity index (χ0n) is 11.1. The number of aromatic nitrogens is 2. The molecule has 3 nitrogen and oxygen atoms in total. The first-order valence-electron chi connectivity index (χ1n) is 6.74. The van der Waals surface area contributed by atoms with Crippen molar-refractivity contribution in [2.24, 2.45) is 0 Å². The third kappa shape index (κ3) is 2.54. The molecule has 0 N–H and O–H groups in total. The summed E-state index contributed by atoms with van der Waals surface area (Å²) in [5, 5.41) is 4.21. The second-order valence-electron chi connectivity index (χ2n) is 5.07. The number of benzene rings is 1. The van der Waals surface area contributed by atoms with E-state index in [1.165, 1.54) is 5.56 Å². The Kier molecular flexibility index (Phi) is 3.34. The highest BCUT2D eigenvalue weighted by molar-refractivity contribution is 5.32. The van der Waals surface area contributed by atoms with E-state index in [-0.39, 0.29) is 11.9 Å². The van der Waals surface area contributed by atoms with E-state index in [9.17, 15) is 4.39 Å². The maximum atomic E-state index is 13.4. The monoisotopic (exact) mass is 259 g/mol. The number of nitrogens with zero attached hydrogens (tertiary/aromatic N) is 3. The number of rotatable bonds is 3. The van der Waals surface area contributed by atoms with Gasteiger partial charge in [-0.15, -0.1) is 0 Å². The van der Waals surface area contributed by atoms with Gasteiger partial charge in [-0.05, 0) is 42.7 Å². The highest BCUT2D eigenvalue weighted by Gasteiger charge is 2.23. The number of hydrogen-bond donors (Lipinski definition) is 0. The Morgan fingerprint density at radius 2 is 2.26 bits per heavy atom. The molecule has 1 aliphatic heterocycles. The van der Waals surface area contributed by atoms with Crippen molar-refractivity contribution in [3.05, 3.63) is 53.6 Å². The predicted octanol–water partition coefficient (Wildman–Crippen LogP) is 2.64. The Morgan fingerprint density at radius 3 is 3.05 bits per heavy atom. The van der Waals surface area contributed by atoms with Crippen LogP contribution < -0.4 is 0 Å². The van der Waals surface area contributed by atoms with Gasteiger partial charge in [0.2, 0.25) is 0 Å². The van der Waals surface area contributed by atoms with Crippen molar-refractivity contribution in [2.75, 3.05) is 13.1 Å². The van der Waals surface area contributed by atoms with Crippen LogP contribution in [0.25, 0.3) is 0 Å². The quantitative estimate of drug-likeness (QED) is 0.845. The summed E-state index contributed by atoms with van der Waals surface area (Å²) in [6, 6.07) is 7.37. The molecule has 0 amide bonds. The van der Waals surface area contributed by atoms with E-state index < -0.39 is 0 Å². The Hall–Kier alpha value is -1.68. The van der Waals surface area contributed by atoms with Gasteiger partial charge in [0.1, 0.15) is 5.82 Å². The normalized spacial score (nSPS) is 19.4. The molecule has 0 saturated heterocycles. The van der Waals surface area contributed by atoms with Crippen LogP contribution in [0.3, 0.4) is 0 Å². The van der Waals surface area contributed by atoms with Gasteiger partial charge in [0.25, 0.3) is 0 Å². The molecule has 0 radical (unpaired) electrons. The maximum Gasteiger partial charge on any atom is 0.123 e. The molecule has 2 heterocycles. The SMILES string of the molecule is C[C@@H]1c2cc(F)ccc2CCN1CCn1cccn1. The topological polar surface area (TPSA) is 21.1 Å². The van der Waals surface area contributed by atoms with Gasteiger partial charge in [-0.2, -0.15) is 5.10 Å². The number of halogens is 1. The fraction of sp³-hybridized carbons (Fsp3) is 0.400. The lowest BCUT2D eigenvalue weighted by atomic mass is 9.93. The Labute approximate surface area is 112 Å². The zero-order chi connectivity index (χ0) is 13.2. The molecule has 4 heteroatoms. The first-order chi connectivity index (χ1) is 9.24. The van der Waals surface area contributed by atoms with Gasteiger partial charge in [-0.3, -0.25) is 9.58 Å². The third-order valence-corrected chi connectivity index (χ3v) is 3.95. The molecular formula is C15H18FN3. The first kappa shape index (κ1) is 12.4. The van der Waals surface area contributed by atoms with Crippen LogP contribution in [0.5, 0.6) is 0 Å². The lowest BCUT2D eigenvalue weighted by Gasteiger charge is -2.35. The van der Waals surface area contributed by atoms with Crippen molar-refractivity contribution in [1.29, 1.82) is 0 Å². The molecule has 2 aromatic rings. The van der Waals surface area contributed by atoms with Crippen LogP contribution in [-0.2, 0) is 13.0 Å². The molecule has 0 spiro atoms. The minimum absolute atomic E-state index is 0.139. The first-order valence-corrected chi connectivity index (χ1v) is 6.74. The van der Waals surface area contributed by atoms with Crippen molar-refractivity contribution in [3.8, 4) is 0 Å². The summed E-state index contributed by atoms with van der Waals surface area (Å²) in [5.41, 5.74) is 2.41. The van der Waals surface area contributed by atoms with E-state index in [1.807, 2.05) is 23.0 Å². The second kappa shape index (κ2) is 5.13. The largest absolute Gasteiger partial charge is 0.294 e. The van der Waals surface area contributed by atoms with Crippen LogP contribution in [0.4, 0.5) is 4.39 Å². The van der Waals surface area contributed by atoms with Gasteiger partial charge in [0, 0.05) is 31.5 Å². The van der Waals surface area contributed by atoms with E-state index >= 15 is 0 Å². The summed E-state index contributed by atoms with van der Waals surface area (Å²) in [5.74, 6) is -0.139. The average molecular weight is 259 g/mol. The molecule has 1 aromatic carbocycles. The van der Waals surface area contributed by atoms with E-state index in [4.69, 9.17) is 0 Å². The molecule has 0 saturated carbocycles. The fourth-order valence-corrected chi connectivity index (χ4v) is 2.81. The van der Waals surface area contributed by atoms with E-state index in [0.717, 1.165) is 31.6 Å². The van der Waals surface area contributed by atoms with Crippen LogP contribution in [0.15, 0.2) is 36.7 Å². The smallest absolute Gasteiger partial charge is 0.123 e. The Morgan fingerprint density at radius 1 is 1.37 bits per heavy atom. The molecule has 100 valence electrons. The van der Waals surface area contributed by atoms with Gasteiger partial charge in [-0.25, -0.2) is 4.39 Å². The molecule has 0 unspecified atom stereocenters. The molecule has 0 bridgehead atoms. The molecule has 1 aromatic heterocycles. The molecular weight excluding hydrogens is 241 g/mol. The van der Waals surface area contributed by atoms with Gasteiger partial charge < -0.3 is 0 Å². The van der Waals surface area contributed by atoms with Gasteiger partial charge >= 0.3 is 0 Å². The summed E-state index contributed by atoms with van der Waals surface area (Å²) >= 11 is 0. The van der Waals surface area contributed by atoms with E-state index in [1.54, 1.807) is 18.3 Å². The summed E-state index contributed by atoms with van der Waals surface area (Å²) in [6.45, 7) is 5.00. The highest BCUT2D eigenvalue weighted by Crippen LogP contribution is 2.29. The average Bonchev–Trinajstić information content (AvgIpc) is 2.92. The van der Waals surface area contributed by atoms with Crippen LogP contribution in [-0.4, -0.2) is 27.8 Å². The number of fused-ring (bicyclic) bond motifs is 1. The summed E-state index contributed by atoms with van der Waals surface area (Å²) in [7, 11) is 0. The zero-order valence-corrected chi connectivity index (χ0v) is 11.1. The van der Waals surface area contributed by atoms with Crippen molar-refractivity contribution in [2.45, 2.75) is 25.9 Å². The third-order valence-electron chi connectivity index (χ3n) is 3.95. The molecule has 19 heavy (non-hydrogen) atoms. The minimum Gasteiger partial charge on any atom is -0.294 e. The van der Waals surface area contributed by atoms with Crippen molar-refractivity contribution in [1.82, 2.24) is 14.7 Å². The van der Waals surface area contributed by atoms with Gasteiger partial charge in [0.15, 0.2) is 0 Å². The molecule has 1 atom stereocenters. The van der Waals surface area contributed by atoms with Crippen molar-refractivity contribution >= 4 is 0 Å². The van der Waals surface area contributed by atoms with Crippen molar-refractivity contribution < 1.29 is 4.39 Å². The van der Waals surface area contributed by atoms with Crippen LogP contribution >= 0.6 is 0 Å². The summed E-state index contributed by atoms with van der Waals surface area (Å²) < 4.78 is 15.3. The van der Waals surface area contributed by atoms with E-state index in [0.29, 0.717) is 0 Å². The molecule has 0 aliphatic carbocycles. The molecule has 0 fully saturated rings. The minimum atomic E-state index is -0.139. The fourth-order valence-electron chi connectivity index (χ4n) is 2.81.